The van der Waals surface area contributed by atoms with Crippen molar-refractivity contribution in [3.05, 3.63) is 46.9 Å². The molecule has 1 N–H and O–H groups in total. The van der Waals surface area contributed by atoms with Gasteiger partial charge in [0.25, 0.3) is 5.71 Å². The Morgan fingerprint density at radius 1 is 1.10 bits per heavy atom. The third-order valence-corrected chi connectivity index (χ3v) is 5.38. The summed E-state index contributed by atoms with van der Waals surface area (Å²) in [6.07, 6.45) is 4.38. The van der Waals surface area contributed by atoms with E-state index >= 15 is 0 Å². The quantitative estimate of drug-likeness (QED) is 0.690. The van der Waals surface area contributed by atoms with E-state index in [1.807, 2.05) is 38.1 Å². The largest absolute Gasteiger partial charge is 0.356 e. The minimum atomic E-state index is -0.0115. The van der Waals surface area contributed by atoms with Crippen molar-refractivity contribution in [3.8, 4) is 0 Å². The van der Waals surface area contributed by atoms with Gasteiger partial charge in [0.2, 0.25) is 5.91 Å². The van der Waals surface area contributed by atoms with Crippen molar-refractivity contribution in [2.24, 2.45) is 0 Å². The van der Waals surface area contributed by atoms with Crippen LogP contribution >= 0.6 is 0 Å². The summed E-state index contributed by atoms with van der Waals surface area (Å²) in [4.78, 5) is 23.9. The summed E-state index contributed by atoms with van der Waals surface area (Å²) in [5, 5.41) is 7.93. The Hall–Kier alpha value is -2.96. The van der Waals surface area contributed by atoms with Crippen molar-refractivity contribution in [2.45, 2.75) is 52.5 Å². The number of anilines is 1. The van der Waals surface area contributed by atoms with Gasteiger partial charge in [0.1, 0.15) is 17.0 Å². The van der Waals surface area contributed by atoms with Crippen LogP contribution in [0.25, 0.3) is 11.1 Å². The van der Waals surface area contributed by atoms with Gasteiger partial charge in [0.05, 0.1) is 5.69 Å². The number of carbonyl (C=O) groups excluding carboxylic acids is 1. The highest BCUT2D eigenvalue weighted by Crippen LogP contribution is 2.29. The Balaban J connectivity index is 1.43. The Morgan fingerprint density at radius 3 is 2.62 bits per heavy atom. The molecule has 0 radical (unpaired) electrons. The summed E-state index contributed by atoms with van der Waals surface area (Å²) in [5.74, 6) is 1.51. The van der Waals surface area contributed by atoms with Gasteiger partial charge in [-0.05, 0) is 38.7 Å². The lowest BCUT2D eigenvalue weighted by molar-refractivity contribution is -0.121. The zero-order chi connectivity index (χ0) is 20.2. The average Bonchev–Trinajstić information content (AvgIpc) is 3.12. The highest BCUT2D eigenvalue weighted by atomic mass is 16.5. The van der Waals surface area contributed by atoms with Crippen LogP contribution in [0.1, 0.15) is 48.3 Å². The number of fused-ring (bicyclic) bond motifs is 1. The lowest BCUT2D eigenvalue weighted by atomic mass is 10.1. The normalized spacial score (nSPS) is 14.3. The molecule has 1 saturated heterocycles. The highest BCUT2D eigenvalue weighted by molar-refractivity contribution is 5.88. The van der Waals surface area contributed by atoms with Gasteiger partial charge < -0.3 is 14.7 Å². The van der Waals surface area contributed by atoms with Crippen molar-refractivity contribution in [1.29, 1.82) is 0 Å². The minimum absolute atomic E-state index is 0.0115. The Labute approximate surface area is 170 Å². The molecule has 7 nitrogen and oxygen atoms in total. The van der Waals surface area contributed by atoms with E-state index < -0.39 is 0 Å². The molecule has 0 atom stereocenters. The smallest absolute Gasteiger partial charge is 0.263 e. The number of amides is 1. The first-order valence-electron chi connectivity index (χ1n) is 10.3. The van der Waals surface area contributed by atoms with Crippen LogP contribution in [0.5, 0.6) is 0 Å². The molecule has 0 spiro atoms. The van der Waals surface area contributed by atoms with E-state index in [0.29, 0.717) is 30.9 Å². The van der Waals surface area contributed by atoms with Gasteiger partial charge in [-0.1, -0.05) is 35.0 Å². The first kappa shape index (κ1) is 19.4. The van der Waals surface area contributed by atoms with E-state index in [-0.39, 0.29) is 5.91 Å². The van der Waals surface area contributed by atoms with Crippen molar-refractivity contribution < 1.29 is 9.32 Å². The number of hydrogen-bond donors (Lipinski definition) is 1. The van der Waals surface area contributed by atoms with Crippen LogP contribution in [0.2, 0.25) is 0 Å². The average molecular weight is 393 g/mol. The lowest BCUT2D eigenvalue weighted by Crippen LogP contribution is -2.30. The Morgan fingerprint density at radius 2 is 1.86 bits per heavy atom. The second-order valence-corrected chi connectivity index (χ2v) is 7.72. The van der Waals surface area contributed by atoms with Crippen LogP contribution in [-0.4, -0.2) is 34.1 Å². The number of hydrogen-bond acceptors (Lipinski definition) is 6. The molecule has 152 valence electrons. The summed E-state index contributed by atoms with van der Waals surface area (Å²) in [5.41, 5.74) is 3.61. The van der Waals surface area contributed by atoms with Gasteiger partial charge in [-0.15, -0.1) is 0 Å². The first-order chi connectivity index (χ1) is 14.1. The molecular weight excluding hydrogens is 366 g/mol. The van der Waals surface area contributed by atoms with Crippen LogP contribution < -0.4 is 10.2 Å². The van der Waals surface area contributed by atoms with E-state index in [1.165, 1.54) is 12.0 Å². The SMILES string of the molecule is Cc1ccc(CNC(=O)CCc2nc(N3CCCCC3)c3c(C)noc3n2)cc1. The number of aryl methyl sites for hydroxylation is 3. The fourth-order valence-corrected chi connectivity index (χ4v) is 3.68. The van der Waals surface area contributed by atoms with Crippen molar-refractivity contribution in [1.82, 2.24) is 20.4 Å². The predicted octanol–water partition coefficient (Wildman–Crippen LogP) is 3.47. The molecule has 29 heavy (non-hydrogen) atoms. The van der Waals surface area contributed by atoms with E-state index in [4.69, 9.17) is 9.51 Å². The molecule has 3 aromatic rings. The summed E-state index contributed by atoms with van der Waals surface area (Å²) in [6, 6.07) is 8.16. The monoisotopic (exact) mass is 393 g/mol. The molecule has 0 aliphatic carbocycles. The van der Waals surface area contributed by atoms with Gasteiger partial charge in [-0.25, -0.2) is 4.98 Å². The second kappa shape index (κ2) is 8.59. The van der Waals surface area contributed by atoms with Gasteiger partial charge in [-0.3, -0.25) is 4.79 Å². The molecule has 0 unspecified atom stereocenters. The fourth-order valence-electron chi connectivity index (χ4n) is 3.68. The maximum atomic E-state index is 12.3. The van der Waals surface area contributed by atoms with Crippen molar-refractivity contribution >= 4 is 22.8 Å². The molecule has 4 rings (SSSR count). The lowest BCUT2D eigenvalue weighted by Gasteiger charge is -2.28. The predicted molar refractivity (Wildman–Crippen MR) is 112 cm³/mol. The third kappa shape index (κ3) is 4.55. The topological polar surface area (TPSA) is 84.2 Å². The zero-order valence-corrected chi connectivity index (χ0v) is 17.1. The molecule has 1 aromatic carbocycles. The maximum absolute atomic E-state index is 12.3. The van der Waals surface area contributed by atoms with Gasteiger partial charge in [0.15, 0.2) is 0 Å². The molecule has 1 aliphatic rings. The summed E-state index contributed by atoms with van der Waals surface area (Å²) >= 11 is 0. The van der Waals surface area contributed by atoms with Gasteiger partial charge >= 0.3 is 0 Å². The van der Waals surface area contributed by atoms with Gasteiger partial charge in [-0.2, -0.15) is 4.98 Å². The number of nitrogens with zero attached hydrogens (tertiary/aromatic N) is 4. The Kier molecular flexibility index (Phi) is 5.74. The van der Waals surface area contributed by atoms with E-state index in [2.05, 4.69) is 20.4 Å². The fraction of sp³-hybridized carbons (Fsp3) is 0.455. The van der Waals surface area contributed by atoms with Crippen LogP contribution in [0, 0.1) is 13.8 Å². The van der Waals surface area contributed by atoms with Crippen LogP contribution in [0.3, 0.4) is 0 Å². The molecule has 1 fully saturated rings. The zero-order valence-electron chi connectivity index (χ0n) is 17.1. The van der Waals surface area contributed by atoms with Crippen LogP contribution in [-0.2, 0) is 17.8 Å². The van der Waals surface area contributed by atoms with E-state index in [9.17, 15) is 4.79 Å². The number of rotatable bonds is 6. The number of benzene rings is 1. The Bertz CT molecular complexity index is 990. The van der Waals surface area contributed by atoms with Crippen molar-refractivity contribution in [3.63, 3.8) is 0 Å². The maximum Gasteiger partial charge on any atom is 0.263 e. The molecule has 7 heteroatoms. The van der Waals surface area contributed by atoms with E-state index in [1.54, 1.807) is 0 Å². The van der Waals surface area contributed by atoms with Crippen molar-refractivity contribution in [2.75, 3.05) is 18.0 Å². The summed E-state index contributed by atoms with van der Waals surface area (Å²) in [6.45, 7) is 6.45. The molecule has 0 saturated carbocycles. The third-order valence-electron chi connectivity index (χ3n) is 5.38. The number of carbonyl (C=O) groups is 1. The molecule has 0 bridgehead atoms. The minimum Gasteiger partial charge on any atom is -0.356 e. The number of aromatic nitrogens is 3. The molecule has 1 aliphatic heterocycles. The first-order valence-corrected chi connectivity index (χ1v) is 10.3. The number of piperidine rings is 1. The summed E-state index contributed by atoms with van der Waals surface area (Å²) in [7, 11) is 0. The molecule has 1 amide bonds. The number of nitrogens with one attached hydrogen (secondary N) is 1. The van der Waals surface area contributed by atoms with Gasteiger partial charge in [0, 0.05) is 32.5 Å². The standard InChI is InChI=1S/C22H27N5O2/c1-15-6-8-17(9-7-15)14-23-19(28)11-10-18-24-21(27-12-4-3-5-13-27)20-16(2)26-29-22(20)25-18/h6-9H,3-5,10-14H2,1-2H3,(H,23,28). The molecular formula is C22H27N5O2. The van der Waals surface area contributed by atoms with Crippen LogP contribution in [0.15, 0.2) is 28.8 Å². The van der Waals surface area contributed by atoms with E-state index in [0.717, 1.165) is 48.4 Å². The molecule has 2 aromatic heterocycles. The second-order valence-electron chi connectivity index (χ2n) is 7.72. The highest BCUT2D eigenvalue weighted by Gasteiger charge is 2.21. The van der Waals surface area contributed by atoms with Crippen LogP contribution in [0.4, 0.5) is 5.82 Å². The summed E-state index contributed by atoms with van der Waals surface area (Å²) < 4.78 is 5.41. The molecule has 3 heterocycles.